The van der Waals surface area contributed by atoms with Crippen LogP contribution in [0.4, 0.5) is 4.39 Å². The fraction of sp³-hybridized carbons (Fsp3) is 0.250. The summed E-state index contributed by atoms with van der Waals surface area (Å²) in [5, 5.41) is 0. The second-order valence-corrected chi connectivity index (χ2v) is 4.51. The third-order valence-corrected chi connectivity index (χ3v) is 3.21. The van der Waals surface area contributed by atoms with E-state index in [0.717, 1.165) is 12.2 Å². The maximum atomic E-state index is 13.6. The Bertz CT molecular complexity index is 525. The number of methoxy groups -OCH3 is 1. The molecule has 2 nitrogen and oxygen atoms in total. The monoisotopic (exact) mass is 259 g/mol. The van der Waals surface area contributed by atoms with Gasteiger partial charge in [0, 0.05) is 11.6 Å². The second-order valence-electron chi connectivity index (χ2n) is 4.51. The summed E-state index contributed by atoms with van der Waals surface area (Å²) < 4.78 is 18.7. The number of nitrogens with two attached hydrogens (primary N) is 1. The zero-order valence-electron chi connectivity index (χ0n) is 11.0. The van der Waals surface area contributed by atoms with Crippen molar-refractivity contribution >= 4 is 0 Å². The van der Waals surface area contributed by atoms with Crippen molar-refractivity contribution < 1.29 is 9.13 Å². The quantitative estimate of drug-likeness (QED) is 0.892. The molecule has 2 rings (SSSR count). The molecule has 0 aliphatic carbocycles. The first-order chi connectivity index (χ1) is 9.20. The van der Waals surface area contributed by atoms with Crippen LogP contribution in [0.3, 0.4) is 0 Å². The van der Waals surface area contributed by atoms with Crippen molar-refractivity contribution in [1.82, 2.24) is 0 Å². The van der Waals surface area contributed by atoms with Gasteiger partial charge in [-0.2, -0.15) is 0 Å². The van der Waals surface area contributed by atoms with Gasteiger partial charge in [0.2, 0.25) is 0 Å². The first-order valence-electron chi connectivity index (χ1n) is 6.33. The summed E-state index contributed by atoms with van der Waals surface area (Å²) in [4.78, 5) is 0. The predicted octanol–water partition coefficient (Wildman–Crippen LogP) is 3.47. The predicted molar refractivity (Wildman–Crippen MR) is 74.6 cm³/mol. The summed E-state index contributed by atoms with van der Waals surface area (Å²) in [5.74, 6) is 0.604. The van der Waals surface area contributed by atoms with Gasteiger partial charge in [0.05, 0.1) is 7.11 Å². The van der Waals surface area contributed by atoms with Gasteiger partial charge in [-0.3, -0.25) is 0 Å². The van der Waals surface area contributed by atoms with E-state index in [0.29, 0.717) is 12.0 Å². The highest BCUT2D eigenvalue weighted by atomic mass is 19.1. The molecule has 0 aliphatic heterocycles. The van der Waals surface area contributed by atoms with Crippen molar-refractivity contribution in [2.45, 2.75) is 18.9 Å². The summed E-state index contributed by atoms with van der Waals surface area (Å²) in [6, 6.07) is 14.3. The summed E-state index contributed by atoms with van der Waals surface area (Å²) in [6.45, 7) is 0. The number of ether oxygens (including phenoxy) is 1. The van der Waals surface area contributed by atoms with Crippen LogP contribution in [0.2, 0.25) is 0 Å². The zero-order chi connectivity index (χ0) is 13.7. The highest BCUT2D eigenvalue weighted by molar-refractivity contribution is 5.27. The fourth-order valence-electron chi connectivity index (χ4n) is 2.05. The van der Waals surface area contributed by atoms with Crippen LogP contribution in [0.25, 0.3) is 0 Å². The van der Waals surface area contributed by atoms with Crippen LogP contribution in [0.1, 0.15) is 23.6 Å². The SMILES string of the molecule is COc1ccc(CCC(N)c2ccccc2F)cc1. The van der Waals surface area contributed by atoms with Gasteiger partial charge in [0.25, 0.3) is 0 Å². The smallest absolute Gasteiger partial charge is 0.127 e. The van der Waals surface area contributed by atoms with Crippen LogP contribution in [0, 0.1) is 5.82 Å². The Kier molecular flexibility index (Phi) is 4.53. The van der Waals surface area contributed by atoms with E-state index < -0.39 is 0 Å². The fourth-order valence-corrected chi connectivity index (χ4v) is 2.05. The minimum Gasteiger partial charge on any atom is -0.497 e. The van der Waals surface area contributed by atoms with E-state index in [1.807, 2.05) is 30.3 Å². The molecule has 0 fully saturated rings. The molecule has 0 heterocycles. The van der Waals surface area contributed by atoms with E-state index in [4.69, 9.17) is 10.5 Å². The first kappa shape index (κ1) is 13.6. The summed E-state index contributed by atoms with van der Waals surface area (Å²) >= 11 is 0. The van der Waals surface area contributed by atoms with E-state index >= 15 is 0 Å². The van der Waals surface area contributed by atoms with E-state index in [2.05, 4.69) is 0 Å². The van der Waals surface area contributed by atoms with Crippen molar-refractivity contribution in [2.75, 3.05) is 7.11 Å². The molecule has 0 bridgehead atoms. The number of hydrogen-bond acceptors (Lipinski definition) is 2. The average molecular weight is 259 g/mol. The van der Waals surface area contributed by atoms with Crippen molar-refractivity contribution in [3.63, 3.8) is 0 Å². The van der Waals surface area contributed by atoms with Crippen LogP contribution in [0.15, 0.2) is 48.5 Å². The minimum absolute atomic E-state index is 0.232. The molecular formula is C16H18FNO. The summed E-state index contributed by atoms with van der Waals surface area (Å²) in [5.41, 5.74) is 7.79. The standard InChI is InChI=1S/C16H18FNO/c1-19-13-9-6-12(7-10-13)8-11-16(18)14-4-2-3-5-15(14)17/h2-7,9-10,16H,8,11,18H2,1H3. The van der Waals surface area contributed by atoms with Crippen LogP contribution in [-0.4, -0.2) is 7.11 Å². The molecule has 0 saturated heterocycles. The van der Waals surface area contributed by atoms with E-state index in [9.17, 15) is 4.39 Å². The lowest BCUT2D eigenvalue weighted by Crippen LogP contribution is -2.13. The van der Waals surface area contributed by atoms with Crippen LogP contribution in [0.5, 0.6) is 5.75 Å². The van der Waals surface area contributed by atoms with E-state index in [1.165, 1.54) is 11.6 Å². The summed E-state index contributed by atoms with van der Waals surface area (Å²) in [6.07, 6.45) is 1.53. The third kappa shape index (κ3) is 3.55. The Morgan fingerprint density at radius 1 is 1.11 bits per heavy atom. The Hall–Kier alpha value is -1.87. The maximum absolute atomic E-state index is 13.6. The Morgan fingerprint density at radius 2 is 1.79 bits per heavy atom. The van der Waals surface area contributed by atoms with Gasteiger partial charge < -0.3 is 10.5 Å². The zero-order valence-corrected chi connectivity index (χ0v) is 11.0. The van der Waals surface area contributed by atoms with E-state index in [-0.39, 0.29) is 11.9 Å². The molecule has 100 valence electrons. The Morgan fingerprint density at radius 3 is 2.42 bits per heavy atom. The van der Waals surface area contributed by atoms with Crippen LogP contribution >= 0.6 is 0 Å². The topological polar surface area (TPSA) is 35.2 Å². The lowest BCUT2D eigenvalue weighted by atomic mass is 9.99. The van der Waals surface area contributed by atoms with Gasteiger partial charge in [-0.15, -0.1) is 0 Å². The average Bonchev–Trinajstić information content (AvgIpc) is 2.46. The molecule has 1 atom stereocenters. The molecule has 0 spiro atoms. The highest BCUT2D eigenvalue weighted by Crippen LogP contribution is 2.20. The van der Waals surface area contributed by atoms with Gasteiger partial charge in [0.15, 0.2) is 0 Å². The molecule has 0 radical (unpaired) electrons. The summed E-state index contributed by atoms with van der Waals surface area (Å²) in [7, 11) is 1.64. The molecule has 0 amide bonds. The normalized spacial score (nSPS) is 12.2. The number of rotatable bonds is 5. The number of aryl methyl sites for hydroxylation is 1. The number of benzene rings is 2. The largest absolute Gasteiger partial charge is 0.497 e. The van der Waals surface area contributed by atoms with Crippen LogP contribution < -0.4 is 10.5 Å². The van der Waals surface area contributed by atoms with Crippen molar-refractivity contribution in [2.24, 2.45) is 5.73 Å². The highest BCUT2D eigenvalue weighted by Gasteiger charge is 2.10. The lowest BCUT2D eigenvalue weighted by Gasteiger charge is -2.13. The molecule has 3 heteroatoms. The van der Waals surface area contributed by atoms with Crippen molar-refractivity contribution in [3.05, 3.63) is 65.5 Å². The third-order valence-electron chi connectivity index (χ3n) is 3.21. The van der Waals surface area contributed by atoms with Gasteiger partial charge >= 0.3 is 0 Å². The molecule has 2 N–H and O–H groups in total. The van der Waals surface area contributed by atoms with E-state index in [1.54, 1.807) is 19.2 Å². The Balaban J connectivity index is 1.96. The number of halogens is 1. The first-order valence-corrected chi connectivity index (χ1v) is 6.33. The van der Waals surface area contributed by atoms with Gasteiger partial charge in [-0.05, 0) is 36.6 Å². The van der Waals surface area contributed by atoms with Crippen molar-refractivity contribution in [1.29, 1.82) is 0 Å². The molecule has 19 heavy (non-hydrogen) atoms. The van der Waals surface area contributed by atoms with Crippen LogP contribution in [-0.2, 0) is 6.42 Å². The second kappa shape index (κ2) is 6.34. The van der Waals surface area contributed by atoms with Gasteiger partial charge in [-0.1, -0.05) is 30.3 Å². The Labute approximate surface area is 113 Å². The molecule has 1 unspecified atom stereocenters. The molecule has 0 aliphatic rings. The molecule has 2 aromatic carbocycles. The van der Waals surface area contributed by atoms with Crippen molar-refractivity contribution in [3.8, 4) is 5.75 Å². The van der Waals surface area contributed by atoms with Gasteiger partial charge in [-0.25, -0.2) is 4.39 Å². The lowest BCUT2D eigenvalue weighted by molar-refractivity contribution is 0.414. The number of hydrogen-bond donors (Lipinski definition) is 1. The van der Waals surface area contributed by atoms with Gasteiger partial charge in [0.1, 0.15) is 11.6 Å². The maximum Gasteiger partial charge on any atom is 0.127 e. The minimum atomic E-state index is -0.275. The molecule has 2 aromatic rings. The molecule has 0 saturated carbocycles. The molecular weight excluding hydrogens is 241 g/mol. The molecule has 0 aromatic heterocycles.